The highest BCUT2D eigenvalue weighted by Crippen LogP contribution is 2.22. The second-order valence-corrected chi connectivity index (χ2v) is 4.16. The van der Waals surface area contributed by atoms with Crippen LogP contribution in [0.15, 0.2) is 29.3 Å². The van der Waals surface area contributed by atoms with Gasteiger partial charge in [-0.1, -0.05) is 0 Å². The fourth-order valence-electron chi connectivity index (χ4n) is 1.49. The van der Waals surface area contributed by atoms with E-state index in [-0.39, 0.29) is 12.3 Å². The smallest absolute Gasteiger partial charge is 0.269 e. The fraction of sp³-hybridized carbons (Fsp3) is 0.364. The Morgan fingerprint density at radius 2 is 2.18 bits per heavy atom. The number of nitro benzene ring substituents is 1. The van der Waals surface area contributed by atoms with E-state index in [1.807, 2.05) is 0 Å². The van der Waals surface area contributed by atoms with Gasteiger partial charge in [-0.25, -0.2) is 4.99 Å². The lowest BCUT2D eigenvalue weighted by Crippen LogP contribution is -2.28. The van der Waals surface area contributed by atoms with Gasteiger partial charge in [-0.2, -0.15) is 0 Å². The van der Waals surface area contributed by atoms with Gasteiger partial charge >= 0.3 is 0 Å². The van der Waals surface area contributed by atoms with Crippen LogP contribution in [0.25, 0.3) is 0 Å². The van der Waals surface area contributed by atoms with E-state index in [1.165, 1.54) is 12.1 Å². The molecule has 0 radical (unpaired) electrons. The SMILES string of the molecule is CC1(CO)COC(c2ccc([N+](=O)[O-])cc2)=N1. The van der Waals surface area contributed by atoms with E-state index in [2.05, 4.69) is 4.99 Å². The Morgan fingerprint density at radius 3 is 2.65 bits per heavy atom. The van der Waals surface area contributed by atoms with E-state index in [0.717, 1.165) is 0 Å². The molecule has 1 aliphatic rings. The third-order valence-corrected chi connectivity index (χ3v) is 2.56. The minimum Gasteiger partial charge on any atom is -0.475 e. The topological polar surface area (TPSA) is 85.0 Å². The zero-order valence-corrected chi connectivity index (χ0v) is 9.29. The molecule has 6 nitrogen and oxygen atoms in total. The number of rotatable bonds is 3. The third-order valence-electron chi connectivity index (χ3n) is 2.56. The predicted octanol–water partition coefficient (Wildman–Crippen LogP) is 1.12. The molecule has 1 atom stereocenters. The Hall–Kier alpha value is -1.95. The van der Waals surface area contributed by atoms with Gasteiger partial charge in [0.15, 0.2) is 0 Å². The van der Waals surface area contributed by atoms with Crippen molar-refractivity contribution in [2.75, 3.05) is 13.2 Å². The highest BCUT2D eigenvalue weighted by molar-refractivity contribution is 5.95. The second-order valence-electron chi connectivity index (χ2n) is 4.16. The summed E-state index contributed by atoms with van der Waals surface area (Å²) in [5, 5.41) is 19.6. The lowest BCUT2D eigenvalue weighted by atomic mass is 10.1. The quantitative estimate of drug-likeness (QED) is 0.629. The molecule has 0 fully saturated rings. The lowest BCUT2D eigenvalue weighted by molar-refractivity contribution is -0.384. The number of hydrogen-bond acceptors (Lipinski definition) is 5. The number of nitrogens with zero attached hydrogens (tertiary/aromatic N) is 2. The van der Waals surface area contributed by atoms with Crippen LogP contribution < -0.4 is 0 Å². The lowest BCUT2D eigenvalue weighted by Gasteiger charge is -2.12. The van der Waals surface area contributed by atoms with Crippen LogP contribution in [0, 0.1) is 10.1 Å². The van der Waals surface area contributed by atoms with Crippen LogP contribution >= 0.6 is 0 Å². The molecule has 1 aromatic carbocycles. The average molecular weight is 236 g/mol. The van der Waals surface area contributed by atoms with Gasteiger partial charge in [0, 0.05) is 17.7 Å². The van der Waals surface area contributed by atoms with Crippen molar-refractivity contribution in [2.45, 2.75) is 12.5 Å². The number of aliphatic imine (C=N–C) groups is 1. The van der Waals surface area contributed by atoms with Crippen LogP contribution in [0.1, 0.15) is 12.5 Å². The van der Waals surface area contributed by atoms with Crippen LogP contribution in [-0.4, -0.2) is 34.7 Å². The third kappa shape index (κ3) is 2.26. The first-order valence-corrected chi connectivity index (χ1v) is 5.12. The minimum atomic E-state index is -0.614. The molecule has 0 aliphatic carbocycles. The molecule has 1 aliphatic heterocycles. The van der Waals surface area contributed by atoms with E-state index < -0.39 is 10.5 Å². The summed E-state index contributed by atoms with van der Waals surface area (Å²) in [6.45, 7) is 2.00. The van der Waals surface area contributed by atoms with Crippen molar-refractivity contribution in [1.29, 1.82) is 0 Å². The molecule has 1 aromatic rings. The molecular formula is C11H12N2O4. The molecule has 1 heterocycles. The van der Waals surface area contributed by atoms with Crippen molar-refractivity contribution >= 4 is 11.6 Å². The molecule has 1 N–H and O–H groups in total. The van der Waals surface area contributed by atoms with Crippen molar-refractivity contribution in [1.82, 2.24) is 0 Å². The second kappa shape index (κ2) is 4.14. The zero-order chi connectivity index (χ0) is 12.5. The van der Waals surface area contributed by atoms with Crippen LogP contribution in [-0.2, 0) is 4.74 Å². The van der Waals surface area contributed by atoms with E-state index in [9.17, 15) is 10.1 Å². The molecule has 0 spiro atoms. The van der Waals surface area contributed by atoms with Crippen molar-refractivity contribution in [3.63, 3.8) is 0 Å². The number of aliphatic hydroxyl groups excluding tert-OH is 1. The molecule has 2 rings (SSSR count). The van der Waals surface area contributed by atoms with Crippen molar-refractivity contribution in [3.8, 4) is 0 Å². The van der Waals surface area contributed by atoms with Gasteiger partial charge in [-0.05, 0) is 19.1 Å². The Morgan fingerprint density at radius 1 is 1.53 bits per heavy atom. The summed E-state index contributed by atoms with van der Waals surface area (Å²) in [6, 6.07) is 5.96. The largest absolute Gasteiger partial charge is 0.475 e. The van der Waals surface area contributed by atoms with Crippen LogP contribution in [0.2, 0.25) is 0 Å². The molecule has 0 aromatic heterocycles. The molecule has 0 bridgehead atoms. The van der Waals surface area contributed by atoms with Crippen molar-refractivity contribution < 1.29 is 14.8 Å². The van der Waals surface area contributed by atoms with Gasteiger partial charge in [0.1, 0.15) is 12.1 Å². The number of non-ortho nitro benzene ring substituents is 1. The average Bonchev–Trinajstić information content (AvgIpc) is 2.73. The summed E-state index contributed by atoms with van der Waals surface area (Å²) in [5.41, 5.74) is 0.0851. The summed E-state index contributed by atoms with van der Waals surface area (Å²) in [4.78, 5) is 14.3. The van der Waals surface area contributed by atoms with Crippen LogP contribution in [0.5, 0.6) is 0 Å². The molecule has 6 heteroatoms. The van der Waals surface area contributed by atoms with Gasteiger partial charge in [0.25, 0.3) is 5.69 Å². The Balaban J connectivity index is 2.25. The fourth-order valence-corrected chi connectivity index (χ4v) is 1.49. The summed E-state index contributed by atoms with van der Waals surface area (Å²) >= 11 is 0. The normalized spacial score (nSPS) is 23.1. The number of aliphatic hydroxyl groups is 1. The molecule has 1 unspecified atom stereocenters. The standard InChI is InChI=1S/C11H12N2O4/c1-11(6-14)7-17-10(12-11)8-2-4-9(5-3-8)13(15)16/h2-5,14H,6-7H2,1H3. The number of ether oxygens (including phenoxy) is 1. The Kier molecular flexibility index (Phi) is 2.81. The van der Waals surface area contributed by atoms with Gasteiger partial charge in [0.05, 0.1) is 11.5 Å². The molecule has 0 amide bonds. The predicted molar refractivity (Wildman–Crippen MR) is 61.1 cm³/mol. The maximum atomic E-state index is 10.5. The number of benzene rings is 1. The van der Waals surface area contributed by atoms with E-state index >= 15 is 0 Å². The summed E-state index contributed by atoms with van der Waals surface area (Å²) in [5.74, 6) is 0.413. The number of hydrogen-bond donors (Lipinski definition) is 1. The molecule has 0 saturated carbocycles. The van der Waals surface area contributed by atoms with E-state index in [1.54, 1.807) is 19.1 Å². The maximum Gasteiger partial charge on any atom is 0.269 e. The Bertz CT molecular complexity index is 469. The molecule has 17 heavy (non-hydrogen) atoms. The summed E-state index contributed by atoms with van der Waals surface area (Å²) < 4.78 is 5.37. The van der Waals surface area contributed by atoms with Gasteiger partial charge in [-0.3, -0.25) is 10.1 Å². The maximum absolute atomic E-state index is 10.5. The highest BCUT2D eigenvalue weighted by atomic mass is 16.6. The Labute approximate surface area is 97.7 Å². The van der Waals surface area contributed by atoms with Crippen molar-refractivity contribution in [3.05, 3.63) is 39.9 Å². The number of nitro groups is 1. The van der Waals surface area contributed by atoms with Gasteiger partial charge in [0.2, 0.25) is 5.90 Å². The van der Waals surface area contributed by atoms with E-state index in [0.29, 0.717) is 18.1 Å². The first-order chi connectivity index (χ1) is 8.04. The van der Waals surface area contributed by atoms with Gasteiger partial charge < -0.3 is 9.84 Å². The minimum absolute atomic E-state index is 0.0252. The monoisotopic (exact) mass is 236 g/mol. The molecule has 0 saturated heterocycles. The van der Waals surface area contributed by atoms with Gasteiger partial charge in [-0.15, -0.1) is 0 Å². The van der Waals surface area contributed by atoms with Crippen molar-refractivity contribution in [2.24, 2.45) is 4.99 Å². The molecular weight excluding hydrogens is 224 g/mol. The van der Waals surface area contributed by atoms with E-state index in [4.69, 9.17) is 9.84 Å². The summed E-state index contributed by atoms with van der Waals surface area (Å²) in [6.07, 6.45) is 0. The zero-order valence-electron chi connectivity index (χ0n) is 9.29. The highest BCUT2D eigenvalue weighted by Gasteiger charge is 2.31. The summed E-state index contributed by atoms with van der Waals surface area (Å²) in [7, 11) is 0. The first-order valence-electron chi connectivity index (χ1n) is 5.12. The molecule has 90 valence electrons. The first kappa shape index (κ1) is 11.5. The van der Waals surface area contributed by atoms with Crippen LogP contribution in [0.3, 0.4) is 0 Å². The van der Waals surface area contributed by atoms with Crippen LogP contribution in [0.4, 0.5) is 5.69 Å².